The summed E-state index contributed by atoms with van der Waals surface area (Å²) >= 11 is 0. The van der Waals surface area contributed by atoms with Crippen molar-refractivity contribution in [3.63, 3.8) is 0 Å². The Hall–Kier alpha value is -4.27. The Morgan fingerprint density at radius 1 is 0.745 bits per heavy atom. The highest BCUT2D eigenvalue weighted by Crippen LogP contribution is 2.39. The van der Waals surface area contributed by atoms with Gasteiger partial charge in [-0.3, -0.25) is 0 Å². The lowest BCUT2D eigenvalue weighted by Crippen LogP contribution is -2.48. The van der Waals surface area contributed by atoms with E-state index in [4.69, 9.17) is 4.99 Å². The van der Waals surface area contributed by atoms with Gasteiger partial charge in [0.15, 0.2) is 0 Å². The van der Waals surface area contributed by atoms with E-state index in [1.54, 1.807) is 6.34 Å². The number of benzene rings is 2. The summed E-state index contributed by atoms with van der Waals surface area (Å²) in [5.74, 6) is 1.37. The van der Waals surface area contributed by atoms with E-state index in [1.165, 1.54) is 49.9 Å². The van der Waals surface area contributed by atoms with Crippen LogP contribution in [0.3, 0.4) is 0 Å². The molecule has 9 heteroatoms. The van der Waals surface area contributed by atoms with Gasteiger partial charge in [-0.05, 0) is 123 Å². The molecule has 2 saturated heterocycles. The van der Waals surface area contributed by atoms with Crippen molar-refractivity contribution in [1.29, 1.82) is 0 Å². The van der Waals surface area contributed by atoms with E-state index in [0.717, 1.165) is 66.0 Å². The second-order valence-corrected chi connectivity index (χ2v) is 15.5. The maximum absolute atomic E-state index is 5.16. The predicted octanol–water partition coefficient (Wildman–Crippen LogP) is 7.73. The zero-order valence-electron chi connectivity index (χ0n) is 29.0. The lowest BCUT2D eigenvalue weighted by Gasteiger charge is -2.37. The summed E-state index contributed by atoms with van der Waals surface area (Å²) in [4.78, 5) is 21.5. The molecule has 2 fully saturated rings. The fraction of sp³-hybridized carbons (Fsp3) is 0.500. The Bertz CT molecular complexity index is 1650. The standard InChI is InChI=1S/C38H51N9/c1-37(2,3)43-33-21-26(45-17-9-7-10-18-45)13-15-29(33)31-23-28-24-32(42-36-40-25-39-35(41-31)47(28)36)30-16-14-27(46-19-11-8-12-20-46)22-34(30)44-38(4,5)6/h13-16,21-25,31,43-44H,7-12,17-20H2,1-6H3,(H,39,40,41,42). The van der Waals surface area contributed by atoms with Gasteiger partial charge in [0.25, 0.3) is 0 Å². The molecular weight excluding hydrogens is 582 g/mol. The number of piperidine rings is 2. The van der Waals surface area contributed by atoms with Gasteiger partial charge in [-0.25, -0.2) is 19.9 Å². The number of hydrogen-bond acceptors (Lipinski definition) is 9. The highest BCUT2D eigenvalue weighted by molar-refractivity contribution is 6.13. The van der Waals surface area contributed by atoms with Crippen LogP contribution < -0.4 is 25.8 Å². The number of rotatable bonds is 6. The summed E-state index contributed by atoms with van der Waals surface area (Å²) in [6.45, 7) is 17.7. The first-order valence-electron chi connectivity index (χ1n) is 17.5. The van der Waals surface area contributed by atoms with Gasteiger partial charge in [0.05, 0.1) is 11.4 Å². The average molecular weight is 634 g/mol. The minimum Gasteiger partial charge on any atom is -0.380 e. The second-order valence-electron chi connectivity index (χ2n) is 15.5. The summed E-state index contributed by atoms with van der Waals surface area (Å²) in [5, 5.41) is 11.2. The van der Waals surface area contributed by atoms with E-state index in [2.05, 4.69) is 126 Å². The van der Waals surface area contributed by atoms with Gasteiger partial charge in [-0.2, -0.15) is 0 Å². The monoisotopic (exact) mass is 633 g/mol. The normalized spacial score (nSPS) is 21.2. The van der Waals surface area contributed by atoms with Crippen molar-refractivity contribution in [3.05, 3.63) is 65.4 Å². The van der Waals surface area contributed by atoms with Crippen molar-refractivity contribution in [3.8, 4) is 0 Å². The van der Waals surface area contributed by atoms with Gasteiger partial charge < -0.3 is 25.8 Å². The van der Waals surface area contributed by atoms with Crippen LogP contribution in [0.15, 0.2) is 69.2 Å². The van der Waals surface area contributed by atoms with Crippen LogP contribution in [0.5, 0.6) is 0 Å². The van der Waals surface area contributed by atoms with Crippen molar-refractivity contribution in [2.24, 2.45) is 15.0 Å². The third kappa shape index (κ3) is 6.90. The van der Waals surface area contributed by atoms with E-state index in [0.29, 0.717) is 5.96 Å². The first-order chi connectivity index (χ1) is 22.5. The molecule has 0 spiro atoms. The zero-order chi connectivity index (χ0) is 32.8. The molecule has 2 aromatic rings. The molecule has 0 aliphatic carbocycles. The van der Waals surface area contributed by atoms with Crippen LogP contribution >= 0.6 is 0 Å². The minimum absolute atomic E-state index is 0.0995. The quantitative estimate of drug-likeness (QED) is 0.302. The molecule has 9 nitrogen and oxygen atoms in total. The maximum Gasteiger partial charge on any atom is 0.234 e. The fourth-order valence-corrected chi connectivity index (χ4v) is 7.17. The Morgan fingerprint density at radius 3 is 1.98 bits per heavy atom. The molecule has 1 unspecified atom stereocenters. The second kappa shape index (κ2) is 12.4. The summed E-state index contributed by atoms with van der Waals surface area (Å²) in [6, 6.07) is 13.5. The van der Waals surface area contributed by atoms with E-state index in [-0.39, 0.29) is 17.1 Å². The molecule has 2 aromatic carbocycles. The Morgan fingerprint density at radius 2 is 1.34 bits per heavy atom. The first-order valence-corrected chi connectivity index (χ1v) is 17.5. The number of nitrogens with zero attached hydrogens (tertiary/aromatic N) is 6. The van der Waals surface area contributed by atoms with Crippen LogP contribution in [0.1, 0.15) is 97.2 Å². The van der Waals surface area contributed by atoms with Gasteiger partial charge in [0.2, 0.25) is 11.9 Å². The summed E-state index contributed by atoms with van der Waals surface area (Å²) in [6.07, 6.45) is 13.7. The molecule has 7 rings (SSSR count). The van der Waals surface area contributed by atoms with Gasteiger partial charge in [-0.15, -0.1) is 0 Å². The zero-order valence-corrected chi connectivity index (χ0v) is 29.0. The minimum atomic E-state index is -0.197. The van der Waals surface area contributed by atoms with Crippen LogP contribution in [0, 0.1) is 0 Å². The molecule has 0 radical (unpaired) electrons. The van der Waals surface area contributed by atoms with E-state index in [1.807, 2.05) is 4.90 Å². The Labute approximate surface area is 280 Å². The van der Waals surface area contributed by atoms with Crippen LogP contribution in [0.25, 0.3) is 5.70 Å². The third-order valence-corrected chi connectivity index (χ3v) is 9.26. The van der Waals surface area contributed by atoms with Crippen molar-refractivity contribution >= 4 is 46.7 Å². The van der Waals surface area contributed by atoms with Crippen LogP contribution in [-0.2, 0) is 0 Å². The lowest BCUT2D eigenvalue weighted by molar-refractivity contribution is 0.577. The Balaban J connectivity index is 1.28. The number of hydrogen-bond donors (Lipinski definition) is 3. The predicted molar refractivity (Wildman–Crippen MR) is 199 cm³/mol. The molecule has 3 N–H and O–H groups in total. The number of aliphatic imine (C=N–C) groups is 3. The number of guanidine groups is 2. The largest absolute Gasteiger partial charge is 0.380 e. The highest BCUT2D eigenvalue weighted by atomic mass is 15.4. The third-order valence-electron chi connectivity index (χ3n) is 9.26. The number of allylic oxidation sites excluding steroid dienone is 1. The molecule has 0 amide bonds. The summed E-state index contributed by atoms with van der Waals surface area (Å²) in [5.41, 5.74) is 8.89. The van der Waals surface area contributed by atoms with Gasteiger partial charge in [-0.1, -0.05) is 6.07 Å². The SMILES string of the molecule is CC(C)(C)Nc1cc(N2CCCCC2)ccc1C1=CC2=CC(c3ccc(N4CCCCC4)cc3NC(C)(C)C)N=C3N=CN=C(N1)N23. The molecule has 1 atom stereocenters. The van der Waals surface area contributed by atoms with Crippen molar-refractivity contribution in [1.82, 2.24) is 10.2 Å². The molecule has 5 heterocycles. The molecule has 0 saturated carbocycles. The summed E-state index contributed by atoms with van der Waals surface area (Å²) in [7, 11) is 0. The van der Waals surface area contributed by atoms with Crippen LogP contribution in [0.4, 0.5) is 22.7 Å². The fourth-order valence-electron chi connectivity index (χ4n) is 7.17. The van der Waals surface area contributed by atoms with E-state index >= 15 is 0 Å². The van der Waals surface area contributed by atoms with Gasteiger partial charge >= 0.3 is 0 Å². The molecule has 0 aromatic heterocycles. The number of anilines is 4. The molecule has 5 aliphatic rings. The van der Waals surface area contributed by atoms with Gasteiger partial charge in [0.1, 0.15) is 12.4 Å². The number of nitrogens with one attached hydrogen (secondary N) is 3. The molecule has 5 aliphatic heterocycles. The van der Waals surface area contributed by atoms with Crippen molar-refractivity contribution < 1.29 is 0 Å². The van der Waals surface area contributed by atoms with Crippen LogP contribution in [0.2, 0.25) is 0 Å². The van der Waals surface area contributed by atoms with Crippen molar-refractivity contribution in [2.75, 3.05) is 46.6 Å². The molecule has 248 valence electrons. The maximum atomic E-state index is 5.16. The Kier molecular flexibility index (Phi) is 8.26. The van der Waals surface area contributed by atoms with Crippen molar-refractivity contribution in [2.45, 2.75) is 97.2 Å². The average Bonchev–Trinajstić information content (AvgIpc) is 3.04. The first kappa shape index (κ1) is 31.3. The molecule has 47 heavy (non-hydrogen) atoms. The summed E-state index contributed by atoms with van der Waals surface area (Å²) < 4.78 is 0. The van der Waals surface area contributed by atoms with Gasteiger partial charge in [0, 0.05) is 71.1 Å². The van der Waals surface area contributed by atoms with E-state index in [9.17, 15) is 0 Å². The molecular formula is C38H51N9. The molecule has 0 bridgehead atoms. The highest BCUT2D eigenvalue weighted by Gasteiger charge is 2.34. The van der Waals surface area contributed by atoms with Crippen LogP contribution in [-0.4, -0.2) is 60.4 Å². The lowest BCUT2D eigenvalue weighted by atomic mass is 9.97. The topological polar surface area (TPSA) is 82.9 Å². The smallest absolute Gasteiger partial charge is 0.234 e. The van der Waals surface area contributed by atoms with E-state index < -0.39 is 0 Å².